The first-order valence-corrected chi connectivity index (χ1v) is 12.6. The maximum absolute atomic E-state index is 12.8. The van der Waals surface area contributed by atoms with Crippen molar-refractivity contribution in [2.24, 2.45) is 0 Å². The van der Waals surface area contributed by atoms with Crippen LogP contribution in [-0.2, 0) is 0 Å². The maximum atomic E-state index is 12.8. The second-order valence-electron chi connectivity index (χ2n) is 7.64. The molecule has 5 rings (SSSR count). The van der Waals surface area contributed by atoms with Gasteiger partial charge in [0.1, 0.15) is 10.8 Å². The molecule has 0 unspecified atom stereocenters. The van der Waals surface area contributed by atoms with Crippen LogP contribution < -0.4 is 10.6 Å². The molecule has 0 bridgehead atoms. The van der Waals surface area contributed by atoms with Gasteiger partial charge >= 0.3 is 0 Å². The average molecular weight is 569 g/mol. The number of para-hydroxylation sites is 2. The number of benzene rings is 3. The number of amides is 1. The summed E-state index contributed by atoms with van der Waals surface area (Å²) in [6, 6.07) is 19.9. The standard InChI is InChI=1S/C25H14Cl2N4O4S2/c26-13-11-15(24-28-17-6-2-4-8-21(17)37-24)22(16(27)12-13)29-25(36)30-23(32)20-10-9-19(35-20)14-5-1-3-7-18(14)31(33)34/h1-12H,(H2,29,30,32,36). The molecule has 2 heterocycles. The van der Waals surface area contributed by atoms with Crippen LogP contribution in [0.3, 0.4) is 0 Å². The van der Waals surface area contributed by atoms with E-state index < -0.39 is 10.8 Å². The van der Waals surface area contributed by atoms with Gasteiger partial charge in [-0.05, 0) is 54.7 Å². The Kier molecular flexibility index (Phi) is 6.90. The quantitative estimate of drug-likeness (QED) is 0.128. The minimum absolute atomic E-state index is 0.0415. The van der Waals surface area contributed by atoms with E-state index in [0.717, 1.165) is 10.2 Å². The van der Waals surface area contributed by atoms with Gasteiger partial charge in [0.25, 0.3) is 11.6 Å². The highest BCUT2D eigenvalue weighted by Crippen LogP contribution is 2.40. The van der Waals surface area contributed by atoms with E-state index in [2.05, 4.69) is 15.6 Å². The number of anilines is 1. The number of carbonyl (C=O) groups is 1. The number of nitro groups is 1. The zero-order valence-corrected chi connectivity index (χ0v) is 21.7. The molecule has 0 aliphatic rings. The number of thiocarbonyl (C=S) groups is 1. The highest BCUT2D eigenvalue weighted by atomic mass is 35.5. The van der Waals surface area contributed by atoms with Gasteiger partial charge in [0, 0.05) is 16.7 Å². The first kappa shape index (κ1) is 24.8. The second kappa shape index (κ2) is 10.3. The molecule has 2 N–H and O–H groups in total. The van der Waals surface area contributed by atoms with Gasteiger partial charge < -0.3 is 9.73 Å². The minimum atomic E-state index is -0.644. The molecule has 0 atom stereocenters. The zero-order valence-electron chi connectivity index (χ0n) is 18.5. The lowest BCUT2D eigenvalue weighted by Crippen LogP contribution is -2.34. The Balaban J connectivity index is 1.37. The normalized spacial score (nSPS) is 10.9. The van der Waals surface area contributed by atoms with Crippen molar-refractivity contribution < 1.29 is 14.1 Å². The number of hydrogen-bond donors (Lipinski definition) is 2. The van der Waals surface area contributed by atoms with Crippen LogP contribution in [0.1, 0.15) is 10.6 Å². The number of carbonyl (C=O) groups excluding carboxylic acids is 1. The zero-order chi connectivity index (χ0) is 26.1. The molecule has 0 saturated carbocycles. The number of aromatic nitrogens is 1. The molecule has 2 aromatic heterocycles. The molecule has 184 valence electrons. The predicted octanol–water partition coefficient (Wildman–Crippen LogP) is 7.57. The largest absolute Gasteiger partial charge is 0.451 e. The van der Waals surface area contributed by atoms with E-state index in [4.69, 9.17) is 39.8 Å². The molecule has 0 saturated heterocycles. The van der Waals surface area contributed by atoms with Crippen molar-refractivity contribution in [3.63, 3.8) is 0 Å². The Bertz CT molecular complexity index is 1670. The van der Waals surface area contributed by atoms with Crippen LogP contribution in [0.25, 0.3) is 32.1 Å². The Hall–Kier alpha value is -3.83. The van der Waals surface area contributed by atoms with Gasteiger partial charge in [-0.1, -0.05) is 47.5 Å². The fourth-order valence-electron chi connectivity index (χ4n) is 3.61. The van der Waals surface area contributed by atoms with Crippen LogP contribution >= 0.6 is 46.8 Å². The van der Waals surface area contributed by atoms with Gasteiger partial charge in [-0.25, -0.2) is 4.98 Å². The van der Waals surface area contributed by atoms with Gasteiger partial charge in [0.05, 0.1) is 31.4 Å². The number of hydrogen-bond acceptors (Lipinski definition) is 7. The lowest BCUT2D eigenvalue weighted by atomic mass is 10.1. The fourth-order valence-corrected chi connectivity index (χ4v) is 5.34. The van der Waals surface area contributed by atoms with Crippen molar-refractivity contribution in [3.8, 4) is 21.9 Å². The predicted molar refractivity (Wildman–Crippen MR) is 150 cm³/mol. The topological polar surface area (TPSA) is 110 Å². The Morgan fingerprint density at radius 3 is 2.57 bits per heavy atom. The van der Waals surface area contributed by atoms with Crippen molar-refractivity contribution in [1.82, 2.24) is 10.3 Å². The van der Waals surface area contributed by atoms with E-state index in [1.54, 1.807) is 24.3 Å². The molecule has 0 aliphatic carbocycles. The van der Waals surface area contributed by atoms with E-state index in [1.807, 2.05) is 24.3 Å². The summed E-state index contributed by atoms with van der Waals surface area (Å²) in [7, 11) is 0. The monoisotopic (exact) mass is 568 g/mol. The minimum Gasteiger partial charge on any atom is -0.451 e. The molecule has 12 heteroatoms. The van der Waals surface area contributed by atoms with Gasteiger partial charge in [0.2, 0.25) is 0 Å². The summed E-state index contributed by atoms with van der Waals surface area (Å²) in [5, 5.41) is 18.1. The van der Waals surface area contributed by atoms with Crippen LogP contribution in [0.4, 0.5) is 11.4 Å². The number of nitrogens with zero attached hydrogens (tertiary/aromatic N) is 2. The summed E-state index contributed by atoms with van der Waals surface area (Å²) in [5.41, 5.74) is 1.98. The van der Waals surface area contributed by atoms with Gasteiger partial charge in [0.15, 0.2) is 10.9 Å². The van der Waals surface area contributed by atoms with E-state index >= 15 is 0 Å². The van der Waals surface area contributed by atoms with E-state index in [-0.39, 0.29) is 32.9 Å². The first-order chi connectivity index (χ1) is 17.8. The van der Waals surface area contributed by atoms with Crippen LogP contribution in [0.2, 0.25) is 10.0 Å². The molecule has 37 heavy (non-hydrogen) atoms. The molecule has 3 aromatic carbocycles. The third kappa shape index (κ3) is 5.18. The van der Waals surface area contributed by atoms with Crippen LogP contribution in [-0.4, -0.2) is 20.9 Å². The number of nitrogens with one attached hydrogen (secondary N) is 2. The van der Waals surface area contributed by atoms with E-state index in [9.17, 15) is 14.9 Å². The average Bonchev–Trinajstić information content (AvgIpc) is 3.53. The van der Waals surface area contributed by atoms with E-state index in [0.29, 0.717) is 21.3 Å². The first-order valence-electron chi connectivity index (χ1n) is 10.6. The lowest BCUT2D eigenvalue weighted by Gasteiger charge is -2.14. The molecule has 5 aromatic rings. The number of rotatable bonds is 5. The van der Waals surface area contributed by atoms with Gasteiger partial charge in [-0.15, -0.1) is 11.3 Å². The molecule has 0 spiro atoms. The van der Waals surface area contributed by atoms with E-state index in [1.165, 1.54) is 35.6 Å². The van der Waals surface area contributed by atoms with Crippen LogP contribution in [0, 0.1) is 10.1 Å². The molecule has 0 aliphatic heterocycles. The Morgan fingerprint density at radius 1 is 1.03 bits per heavy atom. The summed E-state index contributed by atoms with van der Waals surface area (Å²) in [6.45, 7) is 0. The van der Waals surface area contributed by atoms with Gasteiger partial charge in [-0.2, -0.15) is 0 Å². The number of furan rings is 1. The maximum Gasteiger partial charge on any atom is 0.293 e. The van der Waals surface area contributed by atoms with Crippen molar-refractivity contribution in [3.05, 3.63) is 98.7 Å². The Labute approximate surface area is 229 Å². The lowest BCUT2D eigenvalue weighted by molar-refractivity contribution is -0.384. The van der Waals surface area contributed by atoms with Crippen molar-refractivity contribution in [1.29, 1.82) is 0 Å². The summed E-state index contributed by atoms with van der Waals surface area (Å²) in [4.78, 5) is 28.3. The highest BCUT2D eigenvalue weighted by molar-refractivity contribution is 7.80. The number of halogens is 2. The smallest absolute Gasteiger partial charge is 0.293 e. The second-order valence-corrected chi connectivity index (χ2v) is 9.93. The molecule has 0 radical (unpaired) electrons. The van der Waals surface area contributed by atoms with Gasteiger partial charge in [-0.3, -0.25) is 20.2 Å². The molecular formula is C25H14Cl2N4O4S2. The molecular weight excluding hydrogens is 555 g/mol. The molecule has 1 amide bonds. The number of fused-ring (bicyclic) bond motifs is 1. The van der Waals surface area contributed by atoms with Crippen molar-refractivity contribution >= 4 is 79.4 Å². The third-order valence-corrected chi connectivity index (χ3v) is 7.03. The third-order valence-electron chi connectivity index (χ3n) is 5.24. The van der Waals surface area contributed by atoms with Crippen LogP contribution in [0.5, 0.6) is 0 Å². The summed E-state index contributed by atoms with van der Waals surface area (Å²) < 4.78 is 6.57. The Morgan fingerprint density at radius 2 is 1.78 bits per heavy atom. The molecule has 8 nitrogen and oxygen atoms in total. The van der Waals surface area contributed by atoms with Crippen molar-refractivity contribution in [2.75, 3.05) is 5.32 Å². The fraction of sp³-hybridized carbons (Fsp3) is 0. The van der Waals surface area contributed by atoms with Crippen molar-refractivity contribution in [2.45, 2.75) is 0 Å². The number of thiazole rings is 1. The highest BCUT2D eigenvalue weighted by Gasteiger charge is 2.21. The number of nitro benzene ring substituents is 1. The summed E-state index contributed by atoms with van der Waals surface area (Å²) in [5.74, 6) is -0.546. The molecule has 0 fully saturated rings. The summed E-state index contributed by atoms with van der Waals surface area (Å²) >= 11 is 19.6. The van der Waals surface area contributed by atoms with Crippen LogP contribution in [0.15, 0.2) is 77.2 Å². The SMILES string of the molecule is O=C(NC(=S)Nc1c(Cl)cc(Cl)cc1-c1nc2ccccc2s1)c1ccc(-c2ccccc2[N+](=O)[O-])o1. The summed E-state index contributed by atoms with van der Waals surface area (Å²) in [6.07, 6.45) is 0.